The van der Waals surface area contributed by atoms with Crippen molar-refractivity contribution in [2.75, 3.05) is 6.54 Å². The zero-order valence-corrected chi connectivity index (χ0v) is 13.1. The van der Waals surface area contributed by atoms with Gasteiger partial charge in [0.2, 0.25) is 10.0 Å². The lowest BCUT2D eigenvalue weighted by Gasteiger charge is -2.26. The highest BCUT2D eigenvalue weighted by atomic mass is 32.2. The molecule has 0 radical (unpaired) electrons. The van der Waals surface area contributed by atoms with Crippen molar-refractivity contribution in [3.63, 3.8) is 0 Å². The van der Waals surface area contributed by atoms with Gasteiger partial charge in [0.05, 0.1) is 0 Å². The van der Waals surface area contributed by atoms with Crippen molar-refractivity contribution in [2.24, 2.45) is 17.6 Å². The molecule has 0 bridgehead atoms. The smallest absolute Gasteiger partial charge is 0.243 e. The van der Waals surface area contributed by atoms with Gasteiger partial charge in [0.25, 0.3) is 0 Å². The molecule has 1 aromatic rings. The minimum absolute atomic E-state index is 0.184. The maximum absolute atomic E-state index is 13.8. The number of rotatable bonds is 5. The van der Waals surface area contributed by atoms with E-state index < -0.39 is 15.8 Å². The molecule has 2 rings (SSSR count). The van der Waals surface area contributed by atoms with E-state index >= 15 is 0 Å². The lowest BCUT2D eigenvalue weighted by molar-refractivity contribution is 0.290. The van der Waals surface area contributed by atoms with Crippen molar-refractivity contribution in [1.29, 1.82) is 0 Å². The summed E-state index contributed by atoms with van der Waals surface area (Å²) in [5, 5.41) is 0. The van der Waals surface area contributed by atoms with Crippen molar-refractivity contribution < 1.29 is 12.8 Å². The molecule has 4 nitrogen and oxygen atoms in total. The normalized spacial score (nSPS) is 23.2. The molecule has 0 aliphatic heterocycles. The molecule has 118 valence electrons. The molecule has 0 atom stereocenters. The third-order valence-corrected chi connectivity index (χ3v) is 5.66. The highest BCUT2D eigenvalue weighted by Gasteiger charge is 2.23. The molecule has 0 amide bonds. The molecule has 0 spiro atoms. The van der Waals surface area contributed by atoms with E-state index in [4.69, 9.17) is 5.73 Å². The molecule has 1 fully saturated rings. The standard InChI is InChI=1S/C15H23FN2O2S/c1-11-2-4-12(5-3-11)10-18-21(19,20)15-8-13(9-17)6-7-14(15)16/h6-8,11-12,18H,2-5,9-10,17H2,1H3. The van der Waals surface area contributed by atoms with Gasteiger partial charge >= 0.3 is 0 Å². The molecule has 3 N–H and O–H groups in total. The maximum Gasteiger partial charge on any atom is 0.243 e. The topological polar surface area (TPSA) is 72.2 Å². The summed E-state index contributed by atoms with van der Waals surface area (Å²) < 4.78 is 40.8. The third-order valence-electron chi connectivity index (χ3n) is 4.22. The minimum atomic E-state index is -3.82. The van der Waals surface area contributed by atoms with Gasteiger partial charge in [0.15, 0.2) is 0 Å². The lowest BCUT2D eigenvalue weighted by Crippen LogP contribution is -2.31. The van der Waals surface area contributed by atoms with Crippen LogP contribution in [-0.4, -0.2) is 15.0 Å². The number of sulfonamides is 1. The molecule has 0 aromatic heterocycles. The molecule has 1 saturated carbocycles. The van der Waals surface area contributed by atoms with Crippen LogP contribution in [0.1, 0.15) is 38.2 Å². The van der Waals surface area contributed by atoms with E-state index in [1.165, 1.54) is 12.1 Å². The van der Waals surface area contributed by atoms with Crippen molar-refractivity contribution in [3.8, 4) is 0 Å². The Labute approximate surface area is 126 Å². The molecular weight excluding hydrogens is 291 g/mol. The Morgan fingerprint density at radius 3 is 2.57 bits per heavy atom. The van der Waals surface area contributed by atoms with Crippen LogP contribution in [0.2, 0.25) is 0 Å². The van der Waals surface area contributed by atoms with E-state index in [1.807, 2.05) is 0 Å². The third kappa shape index (κ3) is 4.25. The largest absolute Gasteiger partial charge is 0.326 e. The number of nitrogens with one attached hydrogen (secondary N) is 1. The Morgan fingerprint density at radius 2 is 1.95 bits per heavy atom. The second-order valence-electron chi connectivity index (χ2n) is 5.95. The zero-order valence-electron chi connectivity index (χ0n) is 12.3. The molecule has 1 aliphatic rings. The van der Waals surface area contributed by atoms with E-state index in [0.717, 1.165) is 37.7 Å². The Kier molecular flexibility index (Phi) is 5.35. The first-order valence-corrected chi connectivity index (χ1v) is 8.89. The number of hydrogen-bond donors (Lipinski definition) is 2. The number of nitrogens with two attached hydrogens (primary N) is 1. The Balaban J connectivity index is 2.05. The van der Waals surface area contributed by atoms with Crippen LogP contribution in [0.3, 0.4) is 0 Å². The Hall–Kier alpha value is -0.980. The van der Waals surface area contributed by atoms with Crippen LogP contribution in [0, 0.1) is 17.7 Å². The van der Waals surface area contributed by atoms with Crippen LogP contribution >= 0.6 is 0 Å². The minimum Gasteiger partial charge on any atom is -0.326 e. The molecule has 0 unspecified atom stereocenters. The van der Waals surface area contributed by atoms with Gasteiger partial charge in [-0.15, -0.1) is 0 Å². The predicted molar refractivity (Wildman–Crippen MR) is 80.6 cm³/mol. The van der Waals surface area contributed by atoms with Gasteiger partial charge in [0.1, 0.15) is 10.7 Å². The summed E-state index contributed by atoms with van der Waals surface area (Å²) in [5.41, 5.74) is 6.08. The van der Waals surface area contributed by atoms with E-state index in [1.54, 1.807) is 0 Å². The van der Waals surface area contributed by atoms with Crippen LogP contribution in [0.15, 0.2) is 23.1 Å². The maximum atomic E-state index is 13.8. The van der Waals surface area contributed by atoms with E-state index in [-0.39, 0.29) is 11.4 Å². The second-order valence-corrected chi connectivity index (χ2v) is 7.68. The van der Waals surface area contributed by atoms with Gasteiger partial charge < -0.3 is 5.73 Å². The summed E-state index contributed by atoms with van der Waals surface area (Å²) in [7, 11) is -3.82. The number of hydrogen-bond acceptors (Lipinski definition) is 3. The monoisotopic (exact) mass is 314 g/mol. The molecule has 1 aliphatic carbocycles. The molecular formula is C15H23FN2O2S. The van der Waals surface area contributed by atoms with Gasteiger partial charge in [-0.05, 0) is 42.4 Å². The fraction of sp³-hybridized carbons (Fsp3) is 0.600. The molecule has 21 heavy (non-hydrogen) atoms. The summed E-state index contributed by atoms with van der Waals surface area (Å²) in [6.45, 7) is 2.78. The van der Waals surface area contributed by atoms with E-state index in [2.05, 4.69) is 11.6 Å². The van der Waals surface area contributed by atoms with Crippen LogP contribution < -0.4 is 10.5 Å². The van der Waals surface area contributed by atoms with Crippen LogP contribution in [-0.2, 0) is 16.6 Å². The van der Waals surface area contributed by atoms with Crippen LogP contribution in [0.4, 0.5) is 4.39 Å². The van der Waals surface area contributed by atoms with E-state index in [0.29, 0.717) is 18.0 Å². The number of halogens is 1. The molecule has 1 aromatic carbocycles. The summed E-state index contributed by atoms with van der Waals surface area (Å²) in [6, 6.07) is 3.95. The predicted octanol–water partition coefficient (Wildman–Crippen LogP) is 2.39. The van der Waals surface area contributed by atoms with Crippen molar-refractivity contribution >= 4 is 10.0 Å². The molecule has 0 heterocycles. The van der Waals surface area contributed by atoms with Crippen LogP contribution in [0.5, 0.6) is 0 Å². The fourth-order valence-electron chi connectivity index (χ4n) is 2.72. The second kappa shape index (κ2) is 6.85. The quantitative estimate of drug-likeness (QED) is 0.876. The van der Waals surface area contributed by atoms with Crippen molar-refractivity contribution in [2.45, 2.75) is 44.0 Å². The van der Waals surface area contributed by atoms with Gasteiger partial charge in [-0.3, -0.25) is 0 Å². The van der Waals surface area contributed by atoms with Crippen LogP contribution in [0.25, 0.3) is 0 Å². The SMILES string of the molecule is CC1CCC(CNS(=O)(=O)c2cc(CN)ccc2F)CC1. The summed E-state index contributed by atoms with van der Waals surface area (Å²) in [5.74, 6) is 0.324. The summed E-state index contributed by atoms with van der Waals surface area (Å²) in [4.78, 5) is -0.311. The molecule has 0 saturated heterocycles. The van der Waals surface area contributed by atoms with Gasteiger partial charge in [-0.25, -0.2) is 17.5 Å². The Bertz CT molecular complexity index is 581. The van der Waals surface area contributed by atoms with E-state index in [9.17, 15) is 12.8 Å². The highest BCUT2D eigenvalue weighted by molar-refractivity contribution is 7.89. The van der Waals surface area contributed by atoms with Gasteiger partial charge in [-0.1, -0.05) is 25.8 Å². The first-order chi connectivity index (χ1) is 9.92. The average molecular weight is 314 g/mol. The Morgan fingerprint density at radius 1 is 1.29 bits per heavy atom. The zero-order chi connectivity index (χ0) is 15.5. The molecule has 6 heteroatoms. The van der Waals surface area contributed by atoms with Crippen molar-refractivity contribution in [1.82, 2.24) is 4.72 Å². The fourth-order valence-corrected chi connectivity index (χ4v) is 3.96. The van der Waals surface area contributed by atoms with Gasteiger partial charge in [0, 0.05) is 13.1 Å². The summed E-state index contributed by atoms with van der Waals surface area (Å²) >= 11 is 0. The first-order valence-electron chi connectivity index (χ1n) is 7.40. The summed E-state index contributed by atoms with van der Waals surface area (Å²) in [6.07, 6.45) is 4.30. The first kappa shape index (κ1) is 16.4. The van der Waals surface area contributed by atoms with Gasteiger partial charge in [-0.2, -0.15) is 0 Å². The number of benzene rings is 1. The van der Waals surface area contributed by atoms with Crippen molar-refractivity contribution in [3.05, 3.63) is 29.6 Å². The lowest BCUT2D eigenvalue weighted by atomic mass is 9.83. The highest BCUT2D eigenvalue weighted by Crippen LogP contribution is 2.28. The average Bonchev–Trinajstić information content (AvgIpc) is 2.47.